The van der Waals surface area contributed by atoms with E-state index in [1.165, 1.54) is 51.6 Å². The topological polar surface area (TPSA) is 12.0 Å². The number of rotatable bonds is 3. The molecule has 3 unspecified atom stereocenters. The van der Waals surface area contributed by atoms with Gasteiger partial charge in [0.25, 0.3) is 0 Å². The summed E-state index contributed by atoms with van der Waals surface area (Å²) in [5.74, 6) is 5.68. The van der Waals surface area contributed by atoms with Gasteiger partial charge in [0.2, 0.25) is 0 Å². The van der Waals surface area contributed by atoms with E-state index in [2.05, 4.69) is 46.9 Å². The SMILES string of the molecule is CC1CCC(C)CC1.CCC(C(C)C)C1CCNCC1C.CCC(F)(F)F. The third-order valence-electron chi connectivity index (χ3n) is 6.43. The van der Waals surface area contributed by atoms with Crippen molar-refractivity contribution in [3.63, 3.8) is 0 Å². The zero-order valence-corrected chi connectivity index (χ0v) is 19.0. The van der Waals surface area contributed by atoms with Gasteiger partial charge in [-0.1, -0.05) is 80.6 Å². The van der Waals surface area contributed by atoms with Crippen LogP contribution in [-0.4, -0.2) is 19.3 Å². The van der Waals surface area contributed by atoms with Crippen LogP contribution in [0.4, 0.5) is 13.2 Å². The zero-order valence-electron chi connectivity index (χ0n) is 19.0. The summed E-state index contributed by atoms with van der Waals surface area (Å²) < 4.78 is 32.4. The van der Waals surface area contributed by atoms with Crippen molar-refractivity contribution in [1.82, 2.24) is 5.32 Å². The molecule has 2 rings (SSSR count). The molecule has 1 N–H and O–H groups in total. The van der Waals surface area contributed by atoms with Crippen LogP contribution >= 0.6 is 0 Å². The molecule has 164 valence electrons. The highest BCUT2D eigenvalue weighted by atomic mass is 19.4. The molecule has 0 aromatic carbocycles. The second-order valence-electron chi connectivity index (χ2n) is 9.28. The molecule has 2 aliphatic rings. The van der Waals surface area contributed by atoms with Crippen molar-refractivity contribution in [3.05, 3.63) is 0 Å². The van der Waals surface area contributed by atoms with Crippen LogP contribution in [-0.2, 0) is 0 Å². The number of nitrogens with one attached hydrogen (secondary N) is 1. The third-order valence-corrected chi connectivity index (χ3v) is 6.43. The lowest BCUT2D eigenvalue weighted by molar-refractivity contribution is -0.130. The molecule has 1 saturated carbocycles. The summed E-state index contributed by atoms with van der Waals surface area (Å²) in [6.07, 6.45) is 3.95. The van der Waals surface area contributed by atoms with Crippen molar-refractivity contribution in [1.29, 1.82) is 0 Å². The maximum absolute atomic E-state index is 10.8. The molecule has 0 aromatic heterocycles. The Balaban J connectivity index is 0.000000413. The summed E-state index contributed by atoms with van der Waals surface area (Å²) in [5, 5.41) is 3.48. The largest absolute Gasteiger partial charge is 0.388 e. The first-order chi connectivity index (χ1) is 12.5. The second-order valence-corrected chi connectivity index (χ2v) is 9.28. The van der Waals surface area contributed by atoms with Crippen molar-refractivity contribution in [3.8, 4) is 0 Å². The number of piperidine rings is 1. The summed E-state index contributed by atoms with van der Waals surface area (Å²) in [6.45, 7) is 17.8. The van der Waals surface area contributed by atoms with Crippen molar-refractivity contribution < 1.29 is 13.2 Å². The first-order valence-corrected chi connectivity index (χ1v) is 11.3. The number of alkyl halides is 3. The molecule has 4 heteroatoms. The van der Waals surface area contributed by atoms with Gasteiger partial charge in [-0.3, -0.25) is 0 Å². The maximum Gasteiger partial charge on any atom is 0.388 e. The Morgan fingerprint density at radius 3 is 1.63 bits per heavy atom. The molecule has 2 fully saturated rings. The Bertz CT molecular complexity index is 336. The number of hydrogen-bond donors (Lipinski definition) is 1. The zero-order chi connectivity index (χ0) is 21.0. The fourth-order valence-corrected chi connectivity index (χ4v) is 4.37. The van der Waals surface area contributed by atoms with Gasteiger partial charge in [0.05, 0.1) is 0 Å². The molecular formula is C23H46F3N. The van der Waals surface area contributed by atoms with Gasteiger partial charge in [-0.25, -0.2) is 0 Å². The van der Waals surface area contributed by atoms with Crippen LogP contribution in [0.2, 0.25) is 0 Å². The van der Waals surface area contributed by atoms with Gasteiger partial charge in [-0.05, 0) is 55.0 Å². The fraction of sp³-hybridized carbons (Fsp3) is 1.00. The van der Waals surface area contributed by atoms with Crippen molar-refractivity contribution in [2.45, 2.75) is 99.6 Å². The van der Waals surface area contributed by atoms with E-state index in [-0.39, 0.29) is 0 Å². The molecule has 0 radical (unpaired) electrons. The minimum atomic E-state index is -3.96. The monoisotopic (exact) mass is 393 g/mol. The van der Waals surface area contributed by atoms with Crippen LogP contribution in [0, 0.1) is 35.5 Å². The molecule has 3 atom stereocenters. The first-order valence-electron chi connectivity index (χ1n) is 11.3. The van der Waals surface area contributed by atoms with Crippen molar-refractivity contribution >= 4 is 0 Å². The predicted molar refractivity (Wildman–Crippen MR) is 112 cm³/mol. The summed E-state index contributed by atoms with van der Waals surface area (Å²) in [5.41, 5.74) is 0. The molecule has 0 amide bonds. The molecule has 1 nitrogen and oxygen atoms in total. The highest BCUT2D eigenvalue weighted by molar-refractivity contribution is 4.81. The van der Waals surface area contributed by atoms with Crippen LogP contribution < -0.4 is 5.32 Å². The van der Waals surface area contributed by atoms with Gasteiger partial charge in [0.15, 0.2) is 0 Å². The molecule has 0 spiro atoms. The Labute approximate surface area is 167 Å². The second kappa shape index (κ2) is 13.8. The molecule has 0 aromatic rings. The smallest absolute Gasteiger partial charge is 0.316 e. The Hall–Kier alpha value is -0.250. The van der Waals surface area contributed by atoms with E-state index >= 15 is 0 Å². The molecule has 1 aliphatic carbocycles. The van der Waals surface area contributed by atoms with Gasteiger partial charge in [0, 0.05) is 6.42 Å². The lowest BCUT2D eigenvalue weighted by Crippen LogP contribution is -2.39. The van der Waals surface area contributed by atoms with E-state index in [4.69, 9.17) is 0 Å². The molecule has 1 aliphatic heterocycles. The van der Waals surface area contributed by atoms with Crippen molar-refractivity contribution in [2.75, 3.05) is 13.1 Å². The van der Waals surface area contributed by atoms with E-state index < -0.39 is 12.6 Å². The van der Waals surface area contributed by atoms with Crippen LogP contribution in [0.3, 0.4) is 0 Å². The van der Waals surface area contributed by atoms with Gasteiger partial charge >= 0.3 is 6.18 Å². The van der Waals surface area contributed by atoms with Gasteiger partial charge < -0.3 is 5.32 Å². The average Bonchev–Trinajstić information content (AvgIpc) is 2.60. The van der Waals surface area contributed by atoms with Gasteiger partial charge in [0.1, 0.15) is 0 Å². The maximum atomic E-state index is 10.8. The van der Waals surface area contributed by atoms with E-state index in [1.54, 1.807) is 0 Å². The summed E-state index contributed by atoms with van der Waals surface area (Å²) in [6, 6.07) is 0. The lowest BCUT2D eigenvalue weighted by atomic mass is 9.72. The highest BCUT2D eigenvalue weighted by Gasteiger charge is 2.29. The quantitative estimate of drug-likeness (QED) is 0.518. The van der Waals surface area contributed by atoms with E-state index in [0.717, 1.165) is 42.4 Å². The normalized spacial score (nSPS) is 29.9. The van der Waals surface area contributed by atoms with E-state index in [0.29, 0.717) is 0 Å². The highest BCUT2D eigenvalue weighted by Crippen LogP contribution is 2.33. The Morgan fingerprint density at radius 2 is 1.33 bits per heavy atom. The van der Waals surface area contributed by atoms with E-state index in [9.17, 15) is 13.2 Å². The molecule has 1 saturated heterocycles. The Kier molecular flexibility index (Phi) is 13.7. The van der Waals surface area contributed by atoms with Crippen LogP contribution in [0.5, 0.6) is 0 Å². The summed E-state index contributed by atoms with van der Waals surface area (Å²) >= 11 is 0. The average molecular weight is 394 g/mol. The molecular weight excluding hydrogens is 347 g/mol. The predicted octanol–water partition coefficient (Wildman–Crippen LogP) is 7.71. The summed E-state index contributed by atoms with van der Waals surface area (Å²) in [4.78, 5) is 0. The minimum absolute atomic E-state index is 0.729. The molecule has 0 bridgehead atoms. The lowest BCUT2D eigenvalue weighted by Gasteiger charge is -2.37. The first kappa shape index (κ1) is 26.8. The van der Waals surface area contributed by atoms with Crippen molar-refractivity contribution in [2.24, 2.45) is 35.5 Å². The van der Waals surface area contributed by atoms with Gasteiger partial charge in [-0.15, -0.1) is 0 Å². The van der Waals surface area contributed by atoms with Crippen LogP contribution in [0.25, 0.3) is 0 Å². The minimum Gasteiger partial charge on any atom is -0.316 e. The number of hydrogen-bond acceptors (Lipinski definition) is 1. The summed E-state index contributed by atoms with van der Waals surface area (Å²) in [7, 11) is 0. The fourth-order valence-electron chi connectivity index (χ4n) is 4.37. The van der Waals surface area contributed by atoms with E-state index in [1.807, 2.05) is 0 Å². The van der Waals surface area contributed by atoms with Crippen LogP contribution in [0.1, 0.15) is 93.4 Å². The molecule has 1 heterocycles. The third kappa shape index (κ3) is 12.8. The molecule has 27 heavy (non-hydrogen) atoms. The number of halogens is 3. The standard InChI is InChI=1S/C12H25N.C8H16.C3H5F3/c1-5-11(9(2)3)12-6-7-13-8-10(12)4;1-7-3-5-8(2)6-4-7;1-2-3(4,5)6/h9-13H,5-8H2,1-4H3;7-8H,3-6H2,1-2H3;2H2,1H3. The van der Waals surface area contributed by atoms with Gasteiger partial charge in [-0.2, -0.15) is 13.2 Å². The Morgan fingerprint density at radius 1 is 0.889 bits per heavy atom. The van der Waals surface area contributed by atoms with Crippen LogP contribution in [0.15, 0.2) is 0 Å².